The molecule has 0 saturated heterocycles. The van der Waals surface area contributed by atoms with Crippen LogP contribution in [-0.4, -0.2) is 23.9 Å². The maximum Gasteiger partial charge on any atom is 0.270 e. The van der Waals surface area contributed by atoms with E-state index in [1.54, 1.807) is 6.07 Å². The summed E-state index contributed by atoms with van der Waals surface area (Å²) >= 11 is 0. The number of carbonyl (C=O) groups excluding carboxylic acids is 1. The van der Waals surface area contributed by atoms with Crippen molar-refractivity contribution in [1.82, 2.24) is 5.32 Å². The van der Waals surface area contributed by atoms with Crippen molar-refractivity contribution in [3.63, 3.8) is 0 Å². The van der Waals surface area contributed by atoms with Crippen molar-refractivity contribution >= 4 is 17.3 Å². The van der Waals surface area contributed by atoms with E-state index in [0.29, 0.717) is 30.3 Å². The van der Waals surface area contributed by atoms with Gasteiger partial charge in [0.25, 0.3) is 11.6 Å². The Hall–Kier alpha value is -2.11. The number of hydrogen-bond acceptors (Lipinski definition) is 4. The van der Waals surface area contributed by atoms with Gasteiger partial charge in [-0.05, 0) is 31.7 Å². The molecule has 0 aliphatic heterocycles. The number of nitrogens with one attached hydrogen (secondary N) is 2. The molecule has 1 aliphatic rings. The number of nitrogens with zero attached hydrogens (tertiary/aromatic N) is 1. The van der Waals surface area contributed by atoms with Gasteiger partial charge in [-0.1, -0.05) is 0 Å². The molecule has 102 valence electrons. The maximum absolute atomic E-state index is 12.1. The SMILES string of the molecule is CCNc1ccc([N+](=O)[O-])cc1C(=O)NCC1CC1. The highest BCUT2D eigenvalue weighted by Crippen LogP contribution is 2.28. The summed E-state index contributed by atoms with van der Waals surface area (Å²) in [5, 5.41) is 16.6. The van der Waals surface area contributed by atoms with Crippen LogP contribution in [0.25, 0.3) is 0 Å². The van der Waals surface area contributed by atoms with Gasteiger partial charge in [0.15, 0.2) is 0 Å². The third kappa shape index (κ3) is 3.43. The molecule has 0 unspecified atom stereocenters. The molecule has 6 nitrogen and oxygen atoms in total. The van der Waals surface area contributed by atoms with Gasteiger partial charge in [0.1, 0.15) is 0 Å². The topological polar surface area (TPSA) is 84.3 Å². The van der Waals surface area contributed by atoms with Crippen LogP contribution in [0.15, 0.2) is 18.2 Å². The van der Waals surface area contributed by atoms with Gasteiger partial charge < -0.3 is 10.6 Å². The monoisotopic (exact) mass is 263 g/mol. The van der Waals surface area contributed by atoms with Crippen molar-refractivity contribution in [2.24, 2.45) is 5.92 Å². The summed E-state index contributed by atoms with van der Waals surface area (Å²) in [6.45, 7) is 3.21. The largest absolute Gasteiger partial charge is 0.385 e. The molecule has 1 aromatic carbocycles. The molecule has 1 aliphatic carbocycles. The number of carbonyl (C=O) groups is 1. The normalized spacial score (nSPS) is 13.9. The van der Waals surface area contributed by atoms with Crippen LogP contribution in [0.5, 0.6) is 0 Å². The van der Waals surface area contributed by atoms with E-state index in [0.717, 1.165) is 12.8 Å². The minimum absolute atomic E-state index is 0.0711. The number of anilines is 1. The molecule has 0 spiro atoms. The van der Waals surface area contributed by atoms with Crippen LogP contribution in [0.4, 0.5) is 11.4 Å². The fraction of sp³-hybridized carbons (Fsp3) is 0.462. The predicted molar refractivity (Wildman–Crippen MR) is 72.3 cm³/mol. The zero-order valence-corrected chi connectivity index (χ0v) is 10.8. The Morgan fingerprint density at radius 1 is 1.47 bits per heavy atom. The summed E-state index contributed by atoms with van der Waals surface area (Å²) in [5.74, 6) is 0.316. The third-order valence-electron chi connectivity index (χ3n) is 3.07. The first-order chi connectivity index (χ1) is 9.11. The van der Waals surface area contributed by atoms with E-state index in [9.17, 15) is 14.9 Å². The van der Waals surface area contributed by atoms with Gasteiger partial charge in [0, 0.05) is 30.9 Å². The summed E-state index contributed by atoms with van der Waals surface area (Å²) < 4.78 is 0. The Kier molecular flexibility index (Phi) is 3.99. The molecule has 2 rings (SSSR count). The van der Waals surface area contributed by atoms with Crippen LogP contribution < -0.4 is 10.6 Å². The second kappa shape index (κ2) is 5.69. The molecule has 0 heterocycles. The van der Waals surface area contributed by atoms with Crippen molar-refractivity contribution in [2.75, 3.05) is 18.4 Å². The maximum atomic E-state index is 12.1. The van der Waals surface area contributed by atoms with E-state index >= 15 is 0 Å². The average Bonchev–Trinajstić information content (AvgIpc) is 3.20. The number of benzene rings is 1. The second-order valence-corrected chi connectivity index (χ2v) is 4.67. The highest BCUT2D eigenvalue weighted by molar-refractivity contribution is 6.00. The molecule has 1 aromatic rings. The predicted octanol–water partition coefficient (Wildman–Crippen LogP) is 2.17. The summed E-state index contributed by atoms with van der Waals surface area (Å²) in [7, 11) is 0. The lowest BCUT2D eigenvalue weighted by Crippen LogP contribution is -2.26. The van der Waals surface area contributed by atoms with Crippen LogP contribution in [0, 0.1) is 16.0 Å². The van der Waals surface area contributed by atoms with Crippen LogP contribution in [-0.2, 0) is 0 Å². The number of non-ortho nitro benzene ring substituents is 1. The molecule has 1 fully saturated rings. The molecule has 0 bridgehead atoms. The molecule has 1 saturated carbocycles. The minimum Gasteiger partial charge on any atom is -0.385 e. The van der Waals surface area contributed by atoms with E-state index in [1.165, 1.54) is 12.1 Å². The molecule has 0 atom stereocenters. The van der Waals surface area contributed by atoms with Gasteiger partial charge in [0.05, 0.1) is 10.5 Å². The average molecular weight is 263 g/mol. The first kappa shape index (κ1) is 13.3. The molecule has 1 amide bonds. The van der Waals surface area contributed by atoms with Gasteiger partial charge in [0.2, 0.25) is 0 Å². The smallest absolute Gasteiger partial charge is 0.270 e. The van der Waals surface area contributed by atoms with Crippen molar-refractivity contribution in [3.8, 4) is 0 Å². The summed E-state index contributed by atoms with van der Waals surface area (Å²) in [5.41, 5.74) is 0.885. The van der Waals surface area contributed by atoms with Crippen LogP contribution >= 0.6 is 0 Å². The Bertz CT molecular complexity index is 498. The molecule has 2 N–H and O–H groups in total. The Morgan fingerprint density at radius 3 is 2.79 bits per heavy atom. The van der Waals surface area contributed by atoms with E-state index in [4.69, 9.17) is 0 Å². The van der Waals surface area contributed by atoms with Gasteiger partial charge >= 0.3 is 0 Å². The Balaban J connectivity index is 2.19. The van der Waals surface area contributed by atoms with Crippen molar-refractivity contribution in [3.05, 3.63) is 33.9 Å². The van der Waals surface area contributed by atoms with Crippen LogP contribution in [0.1, 0.15) is 30.1 Å². The molecule has 0 aromatic heterocycles. The number of amides is 1. The van der Waals surface area contributed by atoms with E-state index < -0.39 is 4.92 Å². The van der Waals surface area contributed by atoms with Crippen molar-refractivity contribution in [2.45, 2.75) is 19.8 Å². The van der Waals surface area contributed by atoms with Crippen LogP contribution in [0.3, 0.4) is 0 Å². The van der Waals surface area contributed by atoms with E-state index in [-0.39, 0.29) is 11.6 Å². The summed E-state index contributed by atoms with van der Waals surface area (Å²) in [6, 6.07) is 4.30. The summed E-state index contributed by atoms with van der Waals surface area (Å²) in [6.07, 6.45) is 2.30. The molecular weight excluding hydrogens is 246 g/mol. The lowest BCUT2D eigenvalue weighted by atomic mass is 10.1. The number of hydrogen-bond donors (Lipinski definition) is 2. The second-order valence-electron chi connectivity index (χ2n) is 4.67. The zero-order chi connectivity index (χ0) is 13.8. The van der Waals surface area contributed by atoms with Gasteiger partial charge in [-0.15, -0.1) is 0 Å². The summed E-state index contributed by atoms with van der Waals surface area (Å²) in [4.78, 5) is 22.4. The third-order valence-corrected chi connectivity index (χ3v) is 3.07. The van der Waals surface area contributed by atoms with Gasteiger partial charge in [-0.2, -0.15) is 0 Å². The van der Waals surface area contributed by atoms with Gasteiger partial charge in [-0.3, -0.25) is 14.9 Å². The standard InChI is InChI=1S/C13H17N3O3/c1-2-14-12-6-5-10(16(18)19)7-11(12)13(17)15-8-9-3-4-9/h5-7,9,14H,2-4,8H2,1H3,(H,15,17). The first-order valence-corrected chi connectivity index (χ1v) is 6.42. The highest BCUT2D eigenvalue weighted by atomic mass is 16.6. The van der Waals surface area contributed by atoms with Gasteiger partial charge in [-0.25, -0.2) is 0 Å². The zero-order valence-electron chi connectivity index (χ0n) is 10.8. The molecule has 19 heavy (non-hydrogen) atoms. The highest BCUT2D eigenvalue weighted by Gasteiger charge is 2.23. The molecule has 0 radical (unpaired) electrons. The van der Waals surface area contributed by atoms with E-state index in [2.05, 4.69) is 10.6 Å². The lowest BCUT2D eigenvalue weighted by Gasteiger charge is -2.10. The quantitative estimate of drug-likeness (QED) is 0.608. The fourth-order valence-electron chi connectivity index (χ4n) is 1.83. The number of nitro groups is 1. The Labute approximate surface area is 111 Å². The fourth-order valence-corrected chi connectivity index (χ4v) is 1.83. The number of nitro benzene ring substituents is 1. The Morgan fingerprint density at radius 2 is 2.21 bits per heavy atom. The molecule has 6 heteroatoms. The van der Waals surface area contributed by atoms with Crippen molar-refractivity contribution < 1.29 is 9.72 Å². The number of rotatable bonds is 6. The molecular formula is C13H17N3O3. The first-order valence-electron chi connectivity index (χ1n) is 6.42. The lowest BCUT2D eigenvalue weighted by molar-refractivity contribution is -0.384. The van der Waals surface area contributed by atoms with Crippen molar-refractivity contribution in [1.29, 1.82) is 0 Å². The van der Waals surface area contributed by atoms with E-state index in [1.807, 2.05) is 6.92 Å². The van der Waals surface area contributed by atoms with Crippen LogP contribution in [0.2, 0.25) is 0 Å². The minimum atomic E-state index is -0.493.